The average Bonchev–Trinajstić information content (AvgIpc) is 3.25. The molecular formula is C19H30N2. The number of rotatable bonds is 2. The van der Waals surface area contributed by atoms with Gasteiger partial charge < -0.3 is 10.2 Å². The minimum Gasteiger partial charge on any atom is -0.369 e. The summed E-state index contributed by atoms with van der Waals surface area (Å²) in [5.41, 5.74) is 3.42. The van der Waals surface area contributed by atoms with Gasteiger partial charge in [0.2, 0.25) is 0 Å². The number of hydrogen-bond acceptors (Lipinski definition) is 2. The molecule has 1 atom stereocenters. The molecule has 2 aliphatic rings. The van der Waals surface area contributed by atoms with E-state index in [9.17, 15) is 0 Å². The molecule has 1 unspecified atom stereocenters. The van der Waals surface area contributed by atoms with Gasteiger partial charge in [-0.1, -0.05) is 39.0 Å². The minimum atomic E-state index is 0.201. The zero-order chi connectivity index (χ0) is 15.1. The monoisotopic (exact) mass is 286 g/mol. The first-order valence-electron chi connectivity index (χ1n) is 8.50. The number of para-hydroxylation sites is 1. The van der Waals surface area contributed by atoms with E-state index in [1.54, 1.807) is 0 Å². The lowest BCUT2D eigenvalue weighted by molar-refractivity contribution is 0.331. The maximum absolute atomic E-state index is 3.84. The third-order valence-electron chi connectivity index (χ3n) is 5.18. The lowest BCUT2D eigenvalue weighted by Crippen LogP contribution is -2.51. The van der Waals surface area contributed by atoms with Crippen LogP contribution in [0.15, 0.2) is 24.3 Å². The molecule has 0 bridgehead atoms. The van der Waals surface area contributed by atoms with E-state index in [0.29, 0.717) is 5.54 Å². The molecule has 2 fully saturated rings. The van der Waals surface area contributed by atoms with Crippen molar-refractivity contribution in [2.45, 2.75) is 57.9 Å². The summed E-state index contributed by atoms with van der Waals surface area (Å²) in [7, 11) is 0. The summed E-state index contributed by atoms with van der Waals surface area (Å²) in [6.07, 6.45) is 4.04. The smallest absolute Gasteiger partial charge is 0.0404 e. The van der Waals surface area contributed by atoms with Gasteiger partial charge in [0.05, 0.1) is 0 Å². The Morgan fingerprint density at radius 3 is 2.57 bits per heavy atom. The van der Waals surface area contributed by atoms with E-state index < -0.39 is 0 Å². The molecule has 21 heavy (non-hydrogen) atoms. The number of hydrogen-bond donors (Lipinski definition) is 1. The number of nitrogens with zero attached hydrogens (tertiary/aromatic N) is 1. The lowest BCUT2D eigenvalue weighted by atomic mass is 9.85. The van der Waals surface area contributed by atoms with E-state index in [-0.39, 0.29) is 5.41 Å². The molecule has 1 N–H and O–H groups in total. The molecule has 1 aromatic rings. The summed E-state index contributed by atoms with van der Waals surface area (Å²) < 4.78 is 0. The fourth-order valence-electron chi connectivity index (χ4n) is 3.76. The second kappa shape index (κ2) is 5.31. The van der Waals surface area contributed by atoms with Crippen LogP contribution in [0.2, 0.25) is 0 Å². The van der Waals surface area contributed by atoms with E-state index >= 15 is 0 Å². The van der Waals surface area contributed by atoms with Crippen LogP contribution in [0.25, 0.3) is 0 Å². The van der Waals surface area contributed by atoms with E-state index in [2.05, 4.69) is 62.2 Å². The van der Waals surface area contributed by atoms with Crippen molar-refractivity contribution in [1.29, 1.82) is 0 Å². The Morgan fingerprint density at radius 2 is 1.90 bits per heavy atom. The Labute approximate surface area is 129 Å². The van der Waals surface area contributed by atoms with Crippen LogP contribution in [-0.4, -0.2) is 25.2 Å². The van der Waals surface area contributed by atoms with Crippen LogP contribution in [0.1, 0.15) is 52.5 Å². The van der Waals surface area contributed by atoms with Crippen LogP contribution in [-0.2, 0) is 5.41 Å². The van der Waals surface area contributed by atoms with Crippen LogP contribution in [0.5, 0.6) is 0 Å². The molecule has 2 nitrogen and oxygen atoms in total. The molecule has 2 heteroatoms. The van der Waals surface area contributed by atoms with Gasteiger partial charge in [0.1, 0.15) is 0 Å². The molecule has 0 spiro atoms. The average molecular weight is 286 g/mol. The highest BCUT2D eigenvalue weighted by Crippen LogP contribution is 2.42. The van der Waals surface area contributed by atoms with E-state index in [1.807, 2.05) is 0 Å². The van der Waals surface area contributed by atoms with Gasteiger partial charge in [-0.05, 0) is 55.7 Å². The number of benzene rings is 1. The van der Waals surface area contributed by atoms with Gasteiger partial charge in [0.15, 0.2) is 0 Å². The Bertz CT molecular complexity index is 499. The summed E-state index contributed by atoms with van der Waals surface area (Å²) in [5.74, 6) is 0.875. The molecule has 0 aromatic heterocycles. The molecule has 116 valence electrons. The van der Waals surface area contributed by atoms with E-state index in [0.717, 1.165) is 19.0 Å². The molecule has 3 rings (SSSR count). The predicted molar refractivity (Wildman–Crippen MR) is 91.1 cm³/mol. The van der Waals surface area contributed by atoms with Gasteiger partial charge in [0, 0.05) is 24.3 Å². The van der Waals surface area contributed by atoms with E-state index in [4.69, 9.17) is 0 Å². The van der Waals surface area contributed by atoms with Gasteiger partial charge in [0.25, 0.3) is 0 Å². The predicted octanol–water partition coefficient (Wildman–Crippen LogP) is 3.95. The van der Waals surface area contributed by atoms with Crippen LogP contribution in [0.4, 0.5) is 5.69 Å². The fourth-order valence-corrected chi connectivity index (χ4v) is 3.76. The van der Waals surface area contributed by atoms with Crippen molar-refractivity contribution >= 4 is 5.69 Å². The minimum absolute atomic E-state index is 0.201. The van der Waals surface area contributed by atoms with Gasteiger partial charge in [-0.25, -0.2) is 0 Å². The second-order valence-corrected chi connectivity index (χ2v) is 8.16. The molecule has 1 aliphatic heterocycles. The molecule has 1 aliphatic carbocycles. The molecule has 1 aromatic carbocycles. The van der Waals surface area contributed by atoms with Gasteiger partial charge in [-0.3, -0.25) is 0 Å². The molecular weight excluding hydrogens is 256 g/mol. The first-order chi connectivity index (χ1) is 9.90. The van der Waals surface area contributed by atoms with Crippen LogP contribution < -0.4 is 10.2 Å². The fraction of sp³-hybridized carbons (Fsp3) is 0.684. The van der Waals surface area contributed by atoms with Crippen molar-refractivity contribution in [3.8, 4) is 0 Å². The topological polar surface area (TPSA) is 15.3 Å². The van der Waals surface area contributed by atoms with Crippen molar-refractivity contribution in [3.63, 3.8) is 0 Å². The van der Waals surface area contributed by atoms with Gasteiger partial charge >= 0.3 is 0 Å². The molecule has 1 heterocycles. The summed E-state index contributed by atoms with van der Waals surface area (Å²) in [5, 5.41) is 3.84. The zero-order valence-corrected chi connectivity index (χ0v) is 14.1. The highest BCUT2D eigenvalue weighted by molar-refractivity contribution is 5.57. The van der Waals surface area contributed by atoms with E-state index in [1.165, 1.54) is 37.1 Å². The summed E-state index contributed by atoms with van der Waals surface area (Å²) in [6.45, 7) is 12.9. The molecule has 0 radical (unpaired) electrons. The van der Waals surface area contributed by atoms with Crippen molar-refractivity contribution in [1.82, 2.24) is 5.32 Å². The molecule has 1 saturated carbocycles. The molecule has 1 saturated heterocycles. The van der Waals surface area contributed by atoms with Crippen LogP contribution >= 0.6 is 0 Å². The van der Waals surface area contributed by atoms with Crippen LogP contribution in [0, 0.1) is 5.92 Å². The van der Waals surface area contributed by atoms with Gasteiger partial charge in [-0.2, -0.15) is 0 Å². The highest BCUT2D eigenvalue weighted by atomic mass is 15.2. The number of nitrogens with one attached hydrogen (secondary N) is 1. The van der Waals surface area contributed by atoms with Crippen molar-refractivity contribution in [3.05, 3.63) is 29.8 Å². The lowest BCUT2D eigenvalue weighted by Gasteiger charge is -2.37. The number of anilines is 1. The molecule has 0 amide bonds. The Balaban J connectivity index is 1.92. The Kier molecular flexibility index (Phi) is 3.77. The first-order valence-corrected chi connectivity index (χ1v) is 8.50. The Morgan fingerprint density at radius 1 is 1.19 bits per heavy atom. The third kappa shape index (κ3) is 3.11. The van der Waals surface area contributed by atoms with Crippen LogP contribution in [0.3, 0.4) is 0 Å². The SMILES string of the molecule is CC(C)(C)c1ccccc1N1CCCNC(C)(C2CC2)C1. The highest BCUT2D eigenvalue weighted by Gasteiger charge is 2.43. The van der Waals surface area contributed by atoms with Crippen molar-refractivity contribution in [2.24, 2.45) is 5.92 Å². The second-order valence-electron chi connectivity index (χ2n) is 8.16. The van der Waals surface area contributed by atoms with Crippen molar-refractivity contribution in [2.75, 3.05) is 24.5 Å². The normalized spacial score (nSPS) is 27.5. The standard InChI is InChI=1S/C19H30N2/c1-18(2,3)16-8-5-6-9-17(16)21-13-7-12-20-19(4,14-21)15-10-11-15/h5-6,8-9,15,20H,7,10-14H2,1-4H3. The Hall–Kier alpha value is -1.02. The third-order valence-corrected chi connectivity index (χ3v) is 5.18. The van der Waals surface area contributed by atoms with Crippen molar-refractivity contribution < 1.29 is 0 Å². The largest absolute Gasteiger partial charge is 0.369 e. The summed E-state index contributed by atoms with van der Waals surface area (Å²) in [6, 6.07) is 9.00. The summed E-state index contributed by atoms with van der Waals surface area (Å²) in [4.78, 5) is 2.64. The maximum atomic E-state index is 3.84. The van der Waals surface area contributed by atoms with Gasteiger partial charge in [-0.15, -0.1) is 0 Å². The first kappa shape index (κ1) is 14.9. The summed E-state index contributed by atoms with van der Waals surface area (Å²) >= 11 is 0. The quantitative estimate of drug-likeness (QED) is 0.885. The maximum Gasteiger partial charge on any atom is 0.0404 e. The zero-order valence-electron chi connectivity index (χ0n) is 14.1.